The molecule has 0 bridgehead atoms. The highest BCUT2D eigenvalue weighted by Gasteiger charge is 2.30. The molecule has 0 spiro atoms. The molecule has 2 rings (SSSR count). The predicted octanol–water partition coefficient (Wildman–Crippen LogP) is 5.59. The van der Waals surface area contributed by atoms with E-state index in [0.717, 1.165) is 12.1 Å². The van der Waals surface area contributed by atoms with Crippen LogP contribution < -0.4 is 0 Å². The summed E-state index contributed by atoms with van der Waals surface area (Å²) >= 11 is 0. The molecule has 0 aliphatic carbocycles. The lowest BCUT2D eigenvalue weighted by atomic mass is 9.89. The van der Waals surface area contributed by atoms with Gasteiger partial charge >= 0.3 is 12.1 Å². The number of benzene rings is 2. The van der Waals surface area contributed by atoms with Crippen molar-refractivity contribution in [1.82, 2.24) is 0 Å². The molecule has 2 aromatic rings. The zero-order valence-electron chi connectivity index (χ0n) is 13.5. The van der Waals surface area contributed by atoms with Crippen molar-refractivity contribution in [2.24, 2.45) is 5.92 Å². The monoisotopic (exact) mass is 336 g/mol. The first kappa shape index (κ1) is 18.0. The van der Waals surface area contributed by atoms with Crippen molar-refractivity contribution >= 4 is 5.97 Å². The fraction of sp³-hybridized carbons (Fsp3) is 0.316. The molecule has 24 heavy (non-hydrogen) atoms. The fourth-order valence-corrected chi connectivity index (χ4v) is 2.63. The number of hydrogen-bond acceptors (Lipinski definition) is 1. The Bertz CT molecular complexity index is 703. The lowest BCUT2D eigenvalue weighted by molar-refractivity contribution is -0.139. The van der Waals surface area contributed by atoms with Gasteiger partial charge in [0.2, 0.25) is 0 Å². The molecule has 1 atom stereocenters. The Kier molecular flexibility index (Phi) is 5.32. The van der Waals surface area contributed by atoms with Crippen molar-refractivity contribution < 1.29 is 23.1 Å². The molecule has 0 amide bonds. The molecule has 0 saturated heterocycles. The van der Waals surface area contributed by atoms with Crippen LogP contribution in [0.15, 0.2) is 48.5 Å². The smallest absolute Gasteiger partial charge is 0.416 e. The van der Waals surface area contributed by atoms with Gasteiger partial charge in [-0.3, -0.25) is 4.79 Å². The van der Waals surface area contributed by atoms with Crippen LogP contribution in [0.5, 0.6) is 0 Å². The minimum absolute atomic E-state index is 0.231. The molecular weight excluding hydrogens is 317 g/mol. The first-order chi connectivity index (χ1) is 11.2. The summed E-state index contributed by atoms with van der Waals surface area (Å²) in [5, 5.41) is 9.36. The Morgan fingerprint density at radius 2 is 1.67 bits per heavy atom. The lowest BCUT2D eigenvalue weighted by Gasteiger charge is -2.15. The number of aliphatic carboxylic acids is 1. The molecule has 0 fully saturated rings. The van der Waals surface area contributed by atoms with Crippen LogP contribution in [0.4, 0.5) is 13.2 Å². The standard InChI is InChI=1S/C19H19F3O2/c1-12(2)10-17(18(23)24)14-8-6-13(7-9-14)15-4-3-5-16(11-15)19(20,21)22/h3-9,11-12,17H,10H2,1-2H3,(H,23,24)/t17-/m1/s1. The molecule has 0 saturated carbocycles. The van der Waals surface area contributed by atoms with E-state index in [1.54, 1.807) is 30.3 Å². The Morgan fingerprint density at radius 1 is 1.04 bits per heavy atom. The number of carboxylic acid groups (broad SMARTS) is 1. The van der Waals surface area contributed by atoms with E-state index in [2.05, 4.69) is 0 Å². The Labute approximate surface area is 138 Å². The van der Waals surface area contributed by atoms with Gasteiger partial charge in [0.1, 0.15) is 0 Å². The quantitative estimate of drug-likeness (QED) is 0.773. The van der Waals surface area contributed by atoms with E-state index < -0.39 is 23.6 Å². The van der Waals surface area contributed by atoms with Gasteiger partial charge in [-0.2, -0.15) is 13.2 Å². The van der Waals surface area contributed by atoms with Crippen LogP contribution in [-0.4, -0.2) is 11.1 Å². The third kappa shape index (κ3) is 4.37. The zero-order valence-corrected chi connectivity index (χ0v) is 13.5. The second kappa shape index (κ2) is 7.07. The highest BCUT2D eigenvalue weighted by molar-refractivity contribution is 5.76. The van der Waals surface area contributed by atoms with Crippen molar-refractivity contribution in [3.05, 3.63) is 59.7 Å². The Hall–Kier alpha value is -2.30. The van der Waals surface area contributed by atoms with Crippen LogP contribution >= 0.6 is 0 Å². The van der Waals surface area contributed by atoms with Crippen molar-refractivity contribution in [1.29, 1.82) is 0 Å². The van der Waals surface area contributed by atoms with Crippen molar-refractivity contribution in [3.63, 3.8) is 0 Å². The first-order valence-electron chi connectivity index (χ1n) is 7.69. The fourth-order valence-electron chi connectivity index (χ4n) is 2.63. The molecule has 5 heteroatoms. The average molecular weight is 336 g/mol. The second-order valence-electron chi connectivity index (χ2n) is 6.22. The van der Waals surface area contributed by atoms with Gasteiger partial charge in [-0.15, -0.1) is 0 Å². The maximum atomic E-state index is 12.8. The van der Waals surface area contributed by atoms with Gasteiger partial charge in [0.25, 0.3) is 0 Å². The van der Waals surface area contributed by atoms with Crippen molar-refractivity contribution in [2.75, 3.05) is 0 Å². The Balaban J connectivity index is 2.31. The SMILES string of the molecule is CC(C)C[C@@H](C(=O)O)c1ccc(-c2cccc(C(F)(F)F)c2)cc1. The molecule has 0 unspecified atom stereocenters. The summed E-state index contributed by atoms with van der Waals surface area (Å²) in [7, 11) is 0. The summed E-state index contributed by atoms with van der Waals surface area (Å²) in [6, 6.07) is 11.8. The molecule has 0 heterocycles. The third-order valence-corrected chi connectivity index (χ3v) is 3.84. The average Bonchev–Trinajstić information content (AvgIpc) is 2.52. The number of carbonyl (C=O) groups is 1. The third-order valence-electron chi connectivity index (χ3n) is 3.84. The largest absolute Gasteiger partial charge is 0.481 e. The van der Waals surface area contributed by atoms with E-state index in [1.807, 2.05) is 13.8 Å². The topological polar surface area (TPSA) is 37.3 Å². The van der Waals surface area contributed by atoms with Gasteiger partial charge in [-0.05, 0) is 41.2 Å². The highest BCUT2D eigenvalue weighted by atomic mass is 19.4. The number of rotatable bonds is 5. The lowest BCUT2D eigenvalue weighted by Crippen LogP contribution is -2.13. The minimum atomic E-state index is -4.39. The van der Waals surface area contributed by atoms with Crippen LogP contribution in [0.3, 0.4) is 0 Å². The number of hydrogen-bond donors (Lipinski definition) is 1. The maximum absolute atomic E-state index is 12.8. The number of alkyl halides is 3. The molecule has 0 radical (unpaired) electrons. The molecule has 2 nitrogen and oxygen atoms in total. The van der Waals surface area contributed by atoms with Gasteiger partial charge < -0.3 is 5.11 Å². The molecule has 0 aliphatic rings. The van der Waals surface area contributed by atoms with E-state index >= 15 is 0 Å². The maximum Gasteiger partial charge on any atom is 0.416 e. The van der Waals surface area contributed by atoms with E-state index in [1.165, 1.54) is 6.07 Å². The van der Waals surface area contributed by atoms with Gasteiger partial charge in [-0.25, -0.2) is 0 Å². The molecular formula is C19H19F3O2. The summed E-state index contributed by atoms with van der Waals surface area (Å²) in [5.74, 6) is -1.27. The molecule has 128 valence electrons. The molecule has 0 aromatic heterocycles. The van der Waals surface area contributed by atoms with E-state index in [-0.39, 0.29) is 5.92 Å². The highest BCUT2D eigenvalue weighted by Crippen LogP contribution is 2.33. The van der Waals surface area contributed by atoms with E-state index in [4.69, 9.17) is 0 Å². The van der Waals surface area contributed by atoms with Crippen LogP contribution in [0.25, 0.3) is 11.1 Å². The van der Waals surface area contributed by atoms with Crippen LogP contribution in [0, 0.1) is 5.92 Å². The van der Waals surface area contributed by atoms with E-state index in [9.17, 15) is 23.1 Å². The zero-order chi connectivity index (χ0) is 17.9. The van der Waals surface area contributed by atoms with Crippen LogP contribution in [-0.2, 0) is 11.0 Å². The normalized spacial score (nSPS) is 13.1. The van der Waals surface area contributed by atoms with Gasteiger partial charge in [-0.1, -0.05) is 50.2 Å². The summed E-state index contributed by atoms with van der Waals surface area (Å²) < 4.78 is 38.4. The van der Waals surface area contributed by atoms with Gasteiger partial charge in [0.15, 0.2) is 0 Å². The van der Waals surface area contributed by atoms with Gasteiger partial charge in [0, 0.05) is 0 Å². The van der Waals surface area contributed by atoms with Gasteiger partial charge in [0.05, 0.1) is 11.5 Å². The second-order valence-corrected chi connectivity index (χ2v) is 6.22. The van der Waals surface area contributed by atoms with Crippen LogP contribution in [0.1, 0.15) is 37.3 Å². The summed E-state index contributed by atoms with van der Waals surface area (Å²) in [5.41, 5.74) is 1.03. The van der Waals surface area contributed by atoms with Crippen molar-refractivity contribution in [3.8, 4) is 11.1 Å². The molecule has 2 aromatic carbocycles. The summed E-state index contributed by atoms with van der Waals surface area (Å²) in [6.45, 7) is 3.90. The van der Waals surface area contributed by atoms with E-state index in [0.29, 0.717) is 23.1 Å². The summed E-state index contributed by atoms with van der Waals surface area (Å²) in [6.07, 6.45) is -3.88. The number of carboxylic acids is 1. The molecule has 1 N–H and O–H groups in total. The molecule has 0 aliphatic heterocycles. The minimum Gasteiger partial charge on any atom is -0.481 e. The number of halogens is 3. The predicted molar refractivity (Wildman–Crippen MR) is 86.7 cm³/mol. The van der Waals surface area contributed by atoms with Crippen LogP contribution in [0.2, 0.25) is 0 Å². The summed E-state index contributed by atoms with van der Waals surface area (Å²) in [4.78, 5) is 11.4. The van der Waals surface area contributed by atoms with Crippen molar-refractivity contribution in [2.45, 2.75) is 32.4 Å². The first-order valence-corrected chi connectivity index (χ1v) is 7.69. The Morgan fingerprint density at radius 3 is 2.17 bits per heavy atom.